The van der Waals surface area contributed by atoms with Crippen LogP contribution in [0.1, 0.15) is 5.56 Å². The number of aromatic nitrogens is 1. The summed E-state index contributed by atoms with van der Waals surface area (Å²) in [6.07, 6.45) is 1.81. The fourth-order valence-corrected chi connectivity index (χ4v) is 2.66. The van der Waals surface area contributed by atoms with Crippen LogP contribution >= 0.6 is 11.8 Å². The Hall–Kier alpha value is -0.740. The topological polar surface area (TPSA) is 25.4 Å². The number of pyridine rings is 1. The minimum Gasteiger partial charge on any atom is -0.481 e. The first-order valence-corrected chi connectivity index (χ1v) is 6.33. The lowest BCUT2D eigenvalue weighted by Gasteiger charge is -2.26. The highest BCUT2D eigenvalue weighted by Gasteiger charge is 2.10. The Bertz CT molecular complexity index is 313. The molecule has 15 heavy (non-hydrogen) atoms. The van der Waals surface area contributed by atoms with Crippen LogP contribution in [0.25, 0.3) is 0 Å². The zero-order chi connectivity index (χ0) is 10.5. The number of thioether (sulfide) groups is 1. The number of methoxy groups -OCH3 is 1. The van der Waals surface area contributed by atoms with Gasteiger partial charge in [-0.25, -0.2) is 4.98 Å². The van der Waals surface area contributed by atoms with Crippen LogP contribution in [0.3, 0.4) is 0 Å². The molecule has 1 aromatic rings. The first kappa shape index (κ1) is 10.8. The third kappa shape index (κ3) is 3.11. The molecule has 0 aromatic carbocycles. The smallest absolute Gasteiger partial charge is 0.213 e. The van der Waals surface area contributed by atoms with Gasteiger partial charge < -0.3 is 4.74 Å². The van der Waals surface area contributed by atoms with Crippen LogP contribution in [-0.2, 0) is 6.54 Å². The Balaban J connectivity index is 1.96. The van der Waals surface area contributed by atoms with Crippen molar-refractivity contribution in [3.63, 3.8) is 0 Å². The van der Waals surface area contributed by atoms with Gasteiger partial charge in [0.1, 0.15) is 0 Å². The van der Waals surface area contributed by atoms with E-state index in [-0.39, 0.29) is 0 Å². The van der Waals surface area contributed by atoms with Gasteiger partial charge in [-0.1, -0.05) is 0 Å². The Kier molecular flexibility index (Phi) is 3.86. The highest BCUT2D eigenvalue weighted by Crippen LogP contribution is 2.14. The third-order valence-electron chi connectivity index (χ3n) is 2.52. The zero-order valence-electron chi connectivity index (χ0n) is 8.98. The lowest BCUT2D eigenvalue weighted by molar-refractivity contribution is 0.293. The van der Waals surface area contributed by atoms with Gasteiger partial charge in [-0.3, -0.25) is 4.90 Å². The summed E-state index contributed by atoms with van der Waals surface area (Å²) in [5, 5.41) is 0. The Morgan fingerprint density at radius 3 is 3.00 bits per heavy atom. The van der Waals surface area contributed by atoms with Crippen molar-refractivity contribution in [3.05, 3.63) is 23.9 Å². The van der Waals surface area contributed by atoms with Gasteiger partial charge in [0.15, 0.2) is 0 Å². The van der Waals surface area contributed by atoms with Crippen LogP contribution < -0.4 is 4.74 Å². The summed E-state index contributed by atoms with van der Waals surface area (Å²) >= 11 is 2.04. The molecule has 1 aromatic heterocycles. The van der Waals surface area contributed by atoms with Gasteiger partial charge >= 0.3 is 0 Å². The van der Waals surface area contributed by atoms with Crippen LogP contribution in [0.15, 0.2) is 18.3 Å². The molecule has 1 aliphatic heterocycles. The van der Waals surface area contributed by atoms with Crippen LogP contribution in [0.4, 0.5) is 0 Å². The minimum absolute atomic E-state index is 0.707. The van der Waals surface area contributed by atoms with Crippen molar-refractivity contribution in [1.82, 2.24) is 9.88 Å². The monoisotopic (exact) mass is 224 g/mol. The number of ether oxygens (including phenoxy) is 1. The van der Waals surface area contributed by atoms with Crippen molar-refractivity contribution in [3.8, 4) is 5.88 Å². The summed E-state index contributed by atoms with van der Waals surface area (Å²) in [4.78, 5) is 6.58. The predicted octanol–water partition coefficient (Wildman–Crippen LogP) is 1.64. The molecule has 0 aliphatic carbocycles. The quantitative estimate of drug-likeness (QED) is 0.779. The van der Waals surface area contributed by atoms with Gasteiger partial charge in [-0.15, -0.1) is 0 Å². The minimum atomic E-state index is 0.707. The van der Waals surface area contributed by atoms with Gasteiger partial charge in [-0.2, -0.15) is 11.8 Å². The van der Waals surface area contributed by atoms with Crippen LogP contribution in [0, 0.1) is 0 Å². The second kappa shape index (κ2) is 5.37. The van der Waals surface area contributed by atoms with E-state index < -0.39 is 0 Å². The SMILES string of the molecule is COc1cc(CN2CCSCC2)ccn1. The molecule has 0 bridgehead atoms. The first-order chi connectivity index (χ1) is 7.38. The van der Waals surface area contributed by atoms with E-state index in [1.54, 1.807) is 7.11 Å². The molecule has 2 rings (SSSR count). The second-order valence-electron chi connectivity index (χ2n) is 3.59. The molecular formula is C11H16N2OS. The predicted molar refractivity (Wildman–Crippen MR) is 63.4 cm³/mol. The van der Waals surface area contributed by atoms with E-state index in [9.17, 15) is 0 Å². The standard InChI is InChI=1S/C11H16N2OS/c1-14-11-8-10(2-3-12-11)9-13-4-6-15-7-5-13/h2-3,8H,4-7,9H2,1H3. The van der Waals surface area contributed by atoms with E-state index in [1.807, 2.05) is 24.0 Å². The highest BCUT2D eigenvalue weighted by atomic mass is 32.2. The van der Waals surface area contributed by atoms with Crippen molar-refractivity contribution >= 4 is 11.8 Å². The molecule has 1 saturated heterocycles. The van der Waals surface area contributed by atoms with Crippen molar-refractivity contribution < 1.29 is 4.74 Å². The molecule has 1 fully saturated rings. The van der Waals surface area contributed by atoms with Crippen molar-refractivity contribution in [2.75, 3.05) is 31.7 Å². The number of rotatable bonds is 3. The summed E-state index contributed by atoms with van der Waals surface area (Å²) in [6, 6.07) is 4.08. The summed E-state index contributed by atoms with van der Waals surface area (Å²) in [7, 11) is 1.66. The molecule has 3 nitrogen and oxygen atoms in total. The number of hydrogen-bond donors (Lipinski definition) is 0. The van der Waals surface area contributed by atoms with E-state index in [2.05, 4.69) is 16.0 Å². The maximum Gasteiger partial charge on any atom is 0.213 e. The zero-order valence-corrected chi connectivity index (χ0v) is 9.80. The molecule has 0 saturated carbocycles. The summed E-state index contributed by atoms with van der Waals surface area (Å²) < 4.78 is 5.11. The van der Waals surface area contributed by atoms with E-state index in [1.165, 1.54) is 30.2 Å². The number of hydrogen-bond acceptors (Lipinski definition) is 4. The fraction of sp³-hybridized carbons (Fsp3) is 0.545. The number of nitrogens with zero attached hydrogens (tertiary/aromatic N) is 2. The van der Waals surface area contributed by atoms with Crippen LogP contribution in [0.5, 0.6) is 5.88 Å². The first-order valence-electron chi connectivity index (χ1n) is 5.17. The molecule has 2 heterocycles. The van der Waals surface area contributed by atoms with E-state index >= 15 is 0 Å². The molecule has 0 unspecified atom stereocenters. The van der Waals surface area contributed by atoms with Crippen molar-refractivity contribution in [2.24, 2.45) is 0 Å². The fourth-order valence-electron chi connectivity index (χ4n) is 1.68. The maximum absolute atomic E-state index is 5.11. The summed E-state index contributed by atoms with van der Waals surface area (Å²) in [5.41, 5.74) is 1.29. The van der Waals surface area contributed by atoms with Crippen LogP contribution in [-0.4, -0.2) is 41.6 Å². The molecular weight excluding hydrogens is 208 g/mol. The summed E-state index contributed by atoms with van der Waals surface area (Å²) in [6.45, 7) is 3.39. The molecule has 0 atom stereocenters. The van der Waals surface area contributed by atoms with Gasteiger partial charge in [0.2, 0.25) is 5.88 Å². The van der Waals surface area contributed by atoms with Gasteiger partial charge in [0, 0.05) is 43.4 Å². The van der Waals surface area contributed by atoms with Crippen molar-refractivity contribution in [2.45, 2.75) is 6.54 Å². The lowest BCUT2D eigenvalue weighted by Crippen LogP contribution is -2.31. The summed E-state index contributed by atoms with van der Waals surface area (Å²) in [5.74, 6) is 3.21. The second-order valence-corrected chi connectivity index (χ2v) is 4.82. The van der Waals surface area contributed by atoms with E-state index in [0.717, 1.165) is 6.54 Å². The lowest BCUT2D eigenvalue weighted by atomic mass is 10.2. The van der Waals surface area contributed by atoms with Crippen molar-refractivity contribution in [1.29, 1.82) is 0 Å². The average molecular weight is 224 g/mol. The average Bonchev–Trinajstić information content (AvgIpc) is 2.31. The molecule has 4 heteroatoms. The molecule has 0 radical (unpaired) electrons. The van der Waals surface area contributed by atoms with E-state index in [4.69, 9.17) is 4.74 Å². The molecule has 1 aliphatic rings. The van der Waals surface area contributed by atoms with Gasteiger partial charge in [-0.05, 0) is 11.6 Å². The highest BCUT2D eigenvalue weighted by molar-refractivity contribution is 7.99. The third-order valence-corrected chi connectivity index (χ3v) is 3.46. The van der Waals surface area contributed by atoms with Gasteiger partial charge in [0.25, 0.3) is 0 Å². The molecule has 0 N–H and O–H groups in total. The van der Waals surface area contributed by atoms with Gasteiger partial charge in [0.05, 0.1) is 7.11 Å². The largest absolute Gasteiger partial charge is 0.481 e. The normalized spacial score (nSPS) is 17.7. The maximum atomic E-state index is 5.11. The Morgan fingerprint density at radius 1 is 1.47 bits per heavy atom. The molecule has 0 amide bonds. The molecule has 0 spiro atoms. The van der Waals surface area contributed by atoms with E-state index in [0.29, 0.717) is 5.88 Å². The molecule has 82 valence electrons. The Morgan fingerprint density at radius 2 is 2.27 bits per heavy atom. The Labute approximate surface area is 94.8 Å². The van der Waals surface area contributed by atoms with Crippen LogP contribution in [0.2, 0.25) is 0 Å².